The van der Waals surface area contributed by atoms with Crippen LogP contribution in [-0.4, -0.2) is 29.7 Å². The van der Waals surface area contributed by atoms with E-state index in [-0.39, 0.29) is 36.4 Å². The zero-order valence-corrected chi connectivity index (χ0v) is 12.6. The first-order valence-corrected chi connectivity index (χ1v) is 7.02. The number of nitrogens with two attached hydrogens (primary N) is 1. The molecule has 0 saturated carbocycles. The Morgan fingerprint density at radius 1 is 1.30 bits per heavy atom. The van der Waals surface area contributed by atoms with E-state index >= 15 is 0 Å². The predicted octanol–water partition coefficient (Wildman–Crippen LogP) is 1.47. The first-order chi connectivity index (χ1) is 9.32. The molecule has 0 heterocycles. The molecule has 2 atom stereocenters. The van der Waals surface area contributed by atoms with E-state index in [4.69, 9.17) is 5.73 Å². The molecule has 20 heavy (non-hydrogen) atoms. The number of hydrogen-bond acceptors (Lipinski definition) is 3. The normalized spacial score (nSPS) is 14.7. The molecule has 0 bridgehead atoms. The number of rotatable bonds is 6. The van der Waals surface area contributed by atoms with Gasteiger partial charge in [0.2, 0.25) is 5.91 Å². The van der Waals surface area contributed by atoms with Crippen LogP contribution >= 0.6 is 0 Å². The molecule has 0 aliphatic rings. The SMILES string of the molecule is CC(C)(C)C(N)CC(=O)N[C@H](CO)Cc1ccccc1. The lowest BCUT2D eigenvalue weighted by Crippen LogP contribution is -2.44. The quantitative estimate of drug-likeness (QED) is 0.737. The molecule has 1 aromatic rings. The van der Waals surface area contributed by atoms with Crippen molar-refractivity contribution in [3.63, 3.8) is 0 Å². The average molecular weight is 278 g/mol. The minimum absolute atomic E-state index is 0.0780. The van der Waals surface area contributed by atoms with E-state index in [1.807, 2.05) is 51.1 Å². The van der Waals surface area contributed by atoms with E-state index in [1.165, 1.54) is 0 Å². The van der Waals surface area contributed by atoms with Crippen LogP contribution in [0.25, 0.3) is 0 Å². The minimum atomic E-state index is -0.267. The fourth-order valence-corrected chi connectivity index (χ4v) is 1.85. The van der Waals surface area contributed by atoms with E-state index in [0.717, 1.165) is 5.56 Å². The highest BCUT2D eigenvalue weighted by molar-refractivity contribution is 5.77. The molecule has 1 unspecified atom stereocenters. The summed E-state index contributed by atoms with van der Waals surface area (Å²) in [6.45, 7) is 5.96. The van der Waals surface area contributed by atoms with Crippen molar-refractivity contribution >= 4 is 5.91 Å². The van der Waals surface area contributed by atoms with Crippen molar-refractivity contribution in [3.8, 4) is 0 Å². The van der Waals surface area contributed by atoms with Gasteiger partial charge in [-0.3, -0.25) is 4.79 Å². The molecule has 4 N–H and O–H groups in total. The molecule has 0 spiro atoms. The van der Waals surface area contributed by atoms with Gasteiger partial charge in [-0.15, -0.1) is 0 Å². The summed E-state index contributed by atoms with van der Waals surface area (Å²) >= 11 is 0. The average Bonchev–Trinajstić information content (AvgIpc) is 2.37. The number of nitrogens with one attached hydrogen (secondary N) is 1. The highest BCUT2D eigenvalue weighted by Gasteiger charge is 2.24. The molecular weight excluding hydrogens is 252 g/mol. The van der Waals surface area contributed by atoms with E-state index in [2.05, 4.69) is 5.32 Å². The Labute approximate surface area is 121 Å². The summed E-state index contributed by atoms with van der Waals surface area (Å²) in [5.41, 5.74) is 6.98. The topological polar surface area (TPSA) is 75.4 Å². The largest absolute Gasteiger partial charge is 0.394 e. The maximum Gasteiger partial charge on any atom is 0.221 e. The van der Waals surface area contributed by atoms with Gasteiger partial charge in [0.15, 0.2) is 0 Å². The third-order valence-corrected chi connectivity index (χ3v) is 3.43. The van der Waals surface area contributed by atoms with Crippen LogP contribution in [0, 0.1) is 5.41 Å². The Morgan fingerprint density at radius 3 is 2.40 bits per heavy atom. The number of aliphatic hydroxyl groups is 1. The summed E-state index contributed by atoms with van der Waals surface area (Å²) in [5.74, 6) is -0.109. The third-order valence-electron chi connectivity index (χ3n) is 3.43. The highest BCUT2D eigenvalue weighted by Crippen LogP contribution is 2.19. The van der Waals surface area contributed by atoms with Crippen LogP contribution in [0.5, 0.6) is 0 Å². The molecule has 4 nitrogen and oxygen atoms in total. The molecule has 112 valence electrons. The van der Waals surface area contributed by atoms with Gasteiger partial charge in [0, 0.05) is 12.5 Å². The molecule has 0 aliphatic carbocycles. The minimum Gasteiger partial charge on any atom is -0.394 e. The second-order valence-electron chi connectivity index (χ2n) is 6.31. The lowest BCUT2D eigenvalue weighted by Gasteiger charge is -2.27. The lowest BCUT2D eigenvalue weighted by molar-refractivity contribution is -0.122. The van der Waals surface area contributed by atoms with Crippen LogP contribution in [0.15, 0.2) is 30.3 Å². The number of amides is 1. The third kappa shape index (κ3) is 5.72. The summed E-state index contributed by atoms with van der Waals surface area (Å²) in [5, 5.41) is 12.2. The molecule has 0 radical (unpaired) electrons. The van der Waals surface area contributed by atoms with Gasteiger partial charge in [0.05, 0.1) is 12.6 Å². The van der Waals surface area contributed by atoms with Crippen LogP contribution in [0.4, 0.5) is 0 Å². The lowest BCUT2D eigenvalue weighted by atomic mass is 9.85. The zero-order chi connectivity index (χ0) is 15.2. The molecular formula is C16H26N2O2. The summed E-state index contributed by atoms with van der Waals surface area (Å²) in [6.07, 6.45) is 0.891. The van der Waals surface area contributed by atoms with Gasteiger partial charge in [-0.2, -0.15) is 0 Å². The van der Waals surface area contributed by atoms with Crippen LogP contribution in [-0.2, 0) is 11.2 Å². The molecule has 0 saturated heterocycles. The monoisotopic (exact) mass is 278 g/mol. The second-order valence-corrected chi connectivity index (χ2v) is 6.31. The Balaban J connectivity index is 2.50. The number of carbonyl (C=O) groups excluding carboxylic acids is 1. The Kier molecular flexibility index (Phi) is 6.17. The molecule has 0 aliphatic heterocycles. The summed E-state index contributed by atoms with van der Waals surface area (Å²) < 4.78 is 0. The number of benzene rings is 1. The van der Waals surface area contributed by atoms with E-state index in [9.17, 15) is 9.90 Å². The van der Waals surface area contributed by atoms with Crippen molar-refractivity contribution < 1.29 is 9.90 Å². The molecule has 1 aromatic carbocycles. The van der Waals surface area contributed by atoms with Crippen LogP contribution in [0.1, 0.15) is 32.8 Å². The van der Waals surface area contributed by atoms with Crippen molar-refractivity contribution in [3.05, 3.63) is 35.9 Å². The van der Waals surface area contributed by atoms with E-state index < -0.39 is 0 Å². The van der Waals surface area contributed by atoms with Gasteiger partial charge in [-0.1, -0.05) is 51.1 Å². The summed E-state index contributed by atoms with van der Waals surface area (Å²) in [4.78, 5) is 12.0. The number of hydrogen-bond donors (Lipinski definition) is 3. The van der Waals surface area contributed by atoms with E-state index in [0.29, 0.717) is 6.42 Å². The van der Waals surface area contributed by atoms with Crippen LogP contribution in [0.3, 0.4) is 0 Å². The highest BCUT2D eigenvalue weighted by atomic mass is 16.3. The van der Waals surface area contributed by atoms with Crippen molar-refractivity contribution in [2.24, 2.45) is 11.1 Å². The molecule has 1 amide bonds. The van der Waals surface area contributed by atoms with Crippen molar-refractivity contribution in [1.82, 2.24) is 5.32 Å². The maximum absolute atomic E-state index is 12.0. The van der Waals surface area contributed by atoms with Gasteiger partial charge in [-0.25, -0.2) is 0 Å². The van der Waals surface area contributed by atoms with Gasteiger partial charge < -0.3 is 16.2 Å². The van der Waals surface area contributed by atoms with Gasteiger partial charge in [-0.05, 0) is 17.4 Å². The molecule has 0 aromatic heterocycles. The van der Waals surface area contributed by atoms with Crippen molar-refractivity contribution in [2.75, 3.05) is 6.61 Å². The zero-order valence-electron chi connectivity index (χ0n) is 12.6. The second kappa shape index (κ2) is 7.41. The Bertz CT molecular complexity index is 412. The molecule has 1 rings (SSSR count). The molecule has 0 fully saturated rings. The Morgan fingerprint density at radius 2 is 1.90 bits per heavy atom. The standard InChI is InChI=1S/C16H26N2O2/c1-16(2,3)14(17)10-15(20)18-13(11-19)9-12-7-5-4-6-8-12/h4-8,13-14,19H,9-11,17H2,1-3H3,(H,18,20)/t13-,14?/m0/s1. The van der Waals surface area contributed by atoms with Crippen LogP contribution < -0.4 is 11.1 Å². The summed E-state index contributed by atoms with van der Waals surface area (Å²) in [7, 11) is 0. The summed E-state index contributed by atoms with van der Waals surface area (Å²) in [6, 6.07) is 9.34. The number of carbonyl (C=O) groups is 1. The van der Waals surface area contributed by atoms with Crippen molar-refractivity contribution in [1.29, 1.82) is 0 Å². The predicted molar refractivity (Wildman–Crippen MR) is 81.2 cm³/mol. The van der Waals surface area contributed by atoms with Crippen LogP contribution in [0.2, 0.25) is 0 Å². The van der Waals surface area contributed by atoms with Crippen molar-refractivity contribution in [2.45, 2.75) is 45.7 Å². The fraction of sp³-hybridized carbons (Fsp3) is 0.562. The Hall–Kier alpha value is -1.39. The maximum atomic E-state index is 12.0. The first-order valence-electron chi connectivity index (χ1n) is 7.02. The molecule has 4 heteroatoms. The van der Waals surface area contributed by atoms with Gasteiger partial charge >= 0.3 is 0 Å². The smallest absolute Gasteiger partial charge is 0.221 e. The fourth-order valence-electron chi connectivity index (χ4n) is 1.85. The first kappa shape index (κ1) is 16.7. The van der Waals surface area contributed by atoms with Gasteiger partial charge in [0.25, 0.3) is 0 Å². The van der Waals surface area contributed by atoms with E-state index in [1.54, 1.807) is 0 Å². The number of aliphatic hydroxyl groups excluding tert-OH is 1. The van der Waals surface area contributed by atoms with Gasteiger partial charge in [0.1, 0.15) is 0 Å².